The van der Waals surface area contributed by atoms with Crippen molar-refractivity contribution >= 4 is 11.6 Å². The number of carbonyl (C=O) groups is 1. The molecular formula is C18H21FN2O2. The maximum atomic E-state index is 12.8. The van der Waals surface area contributed by atoms with E-state index in [0.717, 1.165) is 5.56 Å². The highest BCUT2D eigenvalue weighted by Crippen LogP contribution is 2.14. The molecule has 0 bridgehead atoms. The Bertz CT molecular complexity index is 617. The predicted molar refractivity (Wildman–Crippen MR) is 88.5 cm³/mol. The summed E-state index contributed by atoms with van der Waals surface area (Å²) in [5.41, 5.74) is 1.53. The van der Waals surface area contributed by atoms with Crippen molar-refractivity contribution in [3.8, 4) is 0 Å². The highest BCUT2D eigenvalue weighted by atomic mass is 19.1. The molecule has 0 aliphatic heterocycles. The Morgan fingerprint density at radius 1 is 1.13 bits per heavy atom. The van der Waals surface area contributed by atoms with Crippen molar-refractivity contribution in [3.63, 3.8) is 0 Å². The summed E-state index contributed by atoms with van der Waals surface area (Å²) in [5.74, 6) is -0.506. The average molecular weight is 316 g/mol. The van der Waals surface area contributed by atoms with Crippen molar-refractivity contribution in [1.29, 1.82) is 0 Å². The lowest BCUT2D eigenvalue weighted by atomic mass is 10.1. The highest BCUT2D eigenvalue weighted by molar-refractivity contribution is 5.91. The summed E-state index contributed by atoms with van der Waals surface area (Å²) in [6, 6.07) is 14.9. The van der Waals surface area contributed by atoms with Crippen LogP contribution >= 0.6 is 0 Å². The van der Waals surface area contributed by atoms with Crippen molar-refractivity contribution in [2.45, 2.75) is 25.4 Å². The number of nitrogens with one attached hydrogen (secondary N) is 2. The van der Waals surface area contributed by atoms with E-state index < -0.39 is 0 Å². The molecule has 122 valence electrons. The zero-order valence-corrected chi connectivity index (χ0v) is 13.0. The van der Waals surface area contributed by atoms with E-state index in [1.807, 2.05) is 37.3 Å². The SMILES string of the molecule is C[C@@H](CC(=O)Nc1ccc(F)cc1)N[C@H](CO)c1ccccc1. The first-order valence-corrected chi connectivity index (χ1v) is 7.55. The standard InChI is InChI=1S/C18H21FN2O2/c1-13(20-17(12-22)14-5-3-2-4-6-14)11-18(23)21-16-9-7-15(19)8-10-16/h2-10,13,17,20,22H,11-12H2,1H3,(H,21,23)/t13-,17+/m0/s1. The number of benzene rings is 2. The first-order chi connectivity index (χ1) is 11.1. The van der Waals surface area contributed by atoms with Gasteiger partial charge in [0.15, 0.2) is 0 Å². The van der Waals surface area contributed by atoms with Gasteiger partial charge in [0, 0.05) is 18.2 Å². The molecule has 5 heteroatoms. The summed E-state index contributed by atoms with van der Waals surface area (Å²) in [6.45, 7) is 1.84. The maximum absolute atomic E-state index is 12.8. The van der Waals surface area contributed by atoms with Gasteiger partial charge in [-0.3, -0.25) is 4.79 Å². The topological polar surface area (TPSA) is 61.4 Å². The second-order valence-corrected chi connectivity index (χ2v) is 5.47. The lowest BCUT2D eigenvalue weighted by Crippen LogP contribution is -2.35. The number of aliphatic hydroxyl groups excluding tert-OH is 1. The van der Waals surface area contributed by atoms with Crippen molar-refractivity contribution in [2.75, 3.05) is 11.9 Å². The van der Waals surface area contributed by atoms with Crippen LogP contribution in [0, 0.1) is 5.82 Å². The molecule has 2 aromatic rings. The van der Waals surface area contributed by atoms with Gasteiger partial charge in [-0.15, -0.1) is 0 Å². The van der Waals surface area contributed by atoms with Crippen LogP contribution in [0.1, 0.15) is 24.9 Å². The molecule has 3 N–H and O–H groups in total. The van der Waals surface area contributed by atoms with E-state index in [2.05, 4.69) is 10.6 Å². The van der Waals surface area contributed by atoms with Gasteiger partial charge >= 0.3 is 0 Å². The molecule has 2 rings (SSSR count). The Morgan fingerprint density at radius 3 is 2.39 bits per heavy atom. The van der Waals surface area contributed by atoms with Crippen molar-refractivity contribution in [2.24, 2.45) is 0 Å². The van der Waals surface area contributed by atoms with Crippen LogP contribution in [0.2, 0.25) is 0 Å². The second-order valence-electron chi connectivity index (χ2n) is 5.47. The first-order valence-electron chi connectivity index (χ1n) is 7.55. The summed E-state index contributed by atoms with van der Waals surface area (Å²) in [4.78, 5) is 12.0. The quantitative estimate of drug-likeness (QED) is 0.736. The van der Waals surface area contributed by atoms with Gasteiger partial charge in [0.2, 0.25) is 5.91 Å². The molecule has 2 aromatic carbocycles. The first kappa shape index (κ1) is 17.1. The summed E-state index contributed by atoms with van der Waals surface area (Å²) in [5, 5.41) is 15.5. The van der Waals surface area contributed by atoms with Crippen molar-refractivity contribution < 1.29 is 14.3 Å². The lowest BCUT2D eigenvalue weighted by Gasteiger charge is -2.22. The van der Waals surface area contributed by atoms with Crippen LogP contribution in [0.5, 0.6) is 0 Å². The summed E-state index contributed by atoms with van der Waals surface area (Å²) in [7, 11) is 0. The molecule has 0 heterocycles. The number of anilines is 1. The van der Waals surface area contributed by atoms with Crippen LogP contribution < -0.4 is 10.6 Å². The van der Waals surface area contributed by atoms with Gasteiger partial charge in [0.05, 0.1) is 12.6 Å². The van der Waals surface area contributed by atoms with Crippen LogP contribution in [0.25, 0.3) is 0 Å². The van der Waals surface area contributed by atoms with Crippen LogP contribution in [0.4, 0.5) is 10.1 Å². The van der Waals surface area contributed by atoms with Crippen LogP contribution in [-0.2, 0) is 4.79 Å². The Kier molecular flexibility index (Phi) is 6.26. The fraction of sp³-hybridized carbons (Fsp3) is 0.278. The number of amides is 1. The molecule has 4 nitrogen and oxygen atoms in total. The van der Waals surface area contributed by atoms with Gasteiger partial charge < -0.3 is 15.7 Å². The molecule has 0 radical (unpaired) electrons. The molecule has 0 fully saturated rings. The normalized spacial score (nSPS) is 13.3. The third kappa shape index (κ3) is 5.47. The highest BCUT2D eigenvalue weighted by Gasteiger charge is 2.15. The Hall–Kier alpha value is -2.24. The van der Waals surface area contributed by atoms with Crippen molar-refractivity contribution in [3.05, 3.63) is 66.0 Å². The third-order valence-electron chi connectivity index (χ3n) is 3.49. The van der Waals surface area contributed by atoms with Gasteiger partial charge in [0.1, 0.15) is 5.82 Å². The van der Waals surface area contributed by atoms with E-state index in [1.165, 1.54) is 24.3 Å². The fourth-order valence-corrected chi connectivity index (χ4v) is 2.37. The van der Waals surface area contributed by atoms with E-state index in [0.29, 0.717) is 5.69 Å². The van der Waals surface area contributed by atoms with Gasteiger partial charge in [-0.05, 0) is 36.8 Å². The van der Waals surface area contributed by atoms with E-state index in [-0.39, 0.29) is 36.8 Å². The molecule has 2 atom stereocenters. The van der Waals surface area contributed by atoms with E-state index in [9.17, 15) is 14.3 Å². The van der Waals surface area contributed by atoms with Crippen LogP contribution in [0.3, 0.4) is 0 Å². The zero-order valence-electron chi connectivity index (χ0n) is 13.0. The lowest BCUT2D eigenvalue weighted by molar-refractivity contribution is -0.116. The number of carbonyl (C=O) groups excluding carboxylic acids is 1. The molecule has 23 heavy (non-hydrogen) atoms. The fourth-order valence-electron chi connectivity index (χ4n) is 2.37. The summed E-state index contributed by atoms with van der Waals surface area (Å²) >= 11 is 0. The number of rotatable bonds is 7. The number of hydrogen-bond donors (Lipinski definition) is 3. The van der Waals surface area contributed by atoms with Crippen molar-refractivity contribution in [1.82, 2.24) is 5.32 Å². The molecule has 0 aliphatic rings. The maximum Gasteiger partial charge on any atom is 0.225 e. The Morgan fingerprint density at radius 2 is 1.78 bits per heavy atom. The number of halogens is 1. The molecular weight excluding hydrogens is 295 g/mol. The smallest absolute Gasteiger partial charge is 0.225 e. The van der Waals surface area contributed by atoms with E-state index >= 15 is 0 Å². The molecule has 0 unspecified atom stereocenters. The van der Waals surface area contributed by atoms with Crippen LogP contribution in [0.15, 0.2) is 54.6 Å². The number of hydrogen-bond acceptors (Lipinski definition) is 3. The van der Waals surface area contributed by atoms with Gasteiger partial charge in [-0.2, -0.15) is 0 Å². The van der Waals surface area contributed by atoms with Crippen LogP contribution in [-0.4, -0.2) is 23.7 Å². The minimum atomic E-state index is -0.341. The van der Waals surface area contributed by atoms with E-state index in [4.69, 9.17) is 0 Å². The van der Waals surface area contributed by atoms with Gasteiger partial charge in [-0.25, -0.2) is 4.39 Å². The number of aliphatic hydroxyl groups is 1. The largest absolute Gasteiger partial charge is 0.394 e. The monoisotopic (exact) mass is 316 g/mol. The summed E-state index contributed by atoms with van der Waals surface area (Å²) in [6.07, 6.45) is 0.251. The second kappa shape index (κ2) is 8.41. The average Bonchev–Trinajstić information content (AvgIpc) is 2.55. The van der Waals surface area contributed by atoms with Gasteiger partial charge in [0.25, 0.3) is 0 Å². The van der Waals surface area contributed by atoms with Gasteiger partial charge in [-0.1, -0.05) is 30.3 Å². The molecule has 0 spiro atoms. The van der Waals surface area contributed by atoms with E-state index in [1.54, 1.807) is 0 Å². The molecule has 0 saturated heterocycles. The molecule has 0 saturated carbocycles. The summed E-state index contributed by atoms with van der Waals surface area (Å²) < 4.78 is 12.8. The predicted octanol–water partition coefficient (Wildman–Crippen LogP) is 2.87. The molecule has 0 aliphatic carbocycles. The minimum absolute atomic E-state index is 0.0477. The third-order valence-corrected chi connectivity index (χ3v) is 3.49. The minimum Gasteiger partial charge on any atom is -0.394 e. The Balaban J connectivity index is 1.86. The Labute approximate surface area is 135 Å². The molecule has 0 aromatic heterocycles. The zero-order chi connectivity index (χ0) is 16.7. The molecule has 1 amide bonds.